The van der Waals surface area contributed by atoms with Crippen LogP contribution < -0.4 is 5.32 Å². The summed E-state index contributed by atoms with van der Waals surface area (Å²) in [5.41, 5.74) is 0.546. The first-order chi connectivity index (χ1) is 13.3. The average molecular weight is 403 g/mol. The smallest absolute Gasteiger partial charge is 0.410 e. The number of aromatic nitrogens is 1. The quantitative estimate of drug-likeness (QED) is 0.813. The maximum Gasteiger partial charge on any atom is 0.410 e. The van der Waals surface area contributed by atoms with Crippen LogP contribution >= 0.6 is 11.3 Å². The van der Waals surface area contributed by atoms with E-state index < -0.39 is 5.60 Å². The Morgan fingerprint density at radius 3 is 2.46 bits per heavy atom. The van der Waals surface area contributed by atoms with Crippen LogP contribution in [0.25, 0.3) is 10.4 Å². The monoisotopic (exact) mass is 402 g/mol. The molecular weight excluding hydrogens is 376 g/mol. The third-order valence-electron chi connectivity index (χ3n) is 4.21. The molecule has 1 saturated heterocycles. The molecule has 0 bridgehead atoms. The Bertz CT molecular complexity index is 816. The van der Waals surface area contributed by atoms with Gasteiger partial charge in [0.2, 0.25) is 0 Å². The lowest BCUT2D eigenvalue weighted by Gasteiger charge is -2.26. The highest BCUT2D eigenvalue weighted by molar-refractivity contribution is 7.19. The van der Waals surface area contributed by atoms with E-state index in [1.807, 2.05) is 51.1 Å². The maximum absolute atomic E-state index is 12.6. The third kappa shape index (κ3) is 5.45. The minimum absolute atomic E-state index is 0.194. The van der Waals surface area contributed by atoms with Gasteiger partial charge in [-0.15, -0.1) is 0 Å². The predicted octanol–water partition coefficient (Wildman–Crippen LogP) is 4.28. The lowest BCUT2D eigenvalue weighted by Crippen LogP contribution is -2.41. The van der Waals surface area contributed by atoms with Gasteiger partial charge in [0, 0.05) is 32.4 Å². The number of rotatable bonds is 2. The minimum atomic E-state index is -0.526. The Morgan fingerprint density at radius 1 is 1.07 bits per heavy atom. The zero-order valence-electron chi connectivity index (χ0n) is 16.5. The van der Waals surface area contributed by atoms with Crippen molar-refractivity contribution in [1.29, 1.82) is 0 Å². The van der Waals surface area contributed by atoms with Crippen LogP contribution in [0, 0.1) is 0 Å². The van der Waals surface area contributed by atoms with Gasteiger partial charge in [0.05, 0.1) is 4.88 Å². The Balaban J connectivity index is 1.55. The zero-order chi connectivity index (χ0) is 20.1. The van der Waals surface area contributed by atoms with E-state index in [0.29, 0.717) is 37.7 Å². The molecule has 0 atom stereocenters. The number of carbonyl (C=O) groups excluding carboxylic acids is 2. The molecule has 2 heterocycles. The molecular formula is C20H26N4O3S. The molecule has 8 heteroatoms. The largest absolute Gasteiger partial charge is 0.444 e. The van der Waals surface area contributed by atoms with Gasteiger partial charge in [-0.3, -0.25) is 5.32 Å². The van der Waals surface area contributed by atoms with Crippen LogP contribution in [-0.2, 0) is 4.74 Å². The first kappa shape index (κ1) is 20.1. The molecule has 28 heavy (non-hydrogen) atoms. The average Bonchev–Trinajstić information content (AvgIpc) is 2.95. The number of hydrogen-bond acceptors (Lipinski definition) is 5. The second-order valence-corrected chi connectivity index (χ2v) is 8.66. The summed E-state index contributed by atoms with van der Waals surface area (Å²) in [6.45, 7) is 7.62. The molecule has 7 nitrogen and oxygen atoms in total. The fourth-order valence-electron chi connectivity index (χ4n) is 2.87. The molecule has 150 valence electrons. The predicted molar refractivity (Wildman–Crippen MR) is 111 cm³/mol. The normalized spacial score (nSPS) is 15.1. The van der Waals surface area contributed by atoms with Crippen LogP contribution in [0.2, 0.25) is 0 Å². The van der Waals surface area contributed by atoms with Gasteiger partial charge in [-0.2, -0.15) is 0 Å². The summed E-state index contributed by atoms with van der Waals surface area (Å²) in [6.07, 6.45) is 2.14. The van der Waals surface area contributed by atoms with E-state index >= 15 is 0 Å². The molecule has 2 aromatic rings. The van der Waals surface area contributed by atoms with Crippen molar-refractivity contribution in [3.63, 3.8) is 0 Å². The number of carbonyl (C=O) groups is 2. The highest BCUT2D eigenvalue weighted by Gasteiger charge is 2.26. The van der Waals surface area contributed by atoms with E-state index in [1.165, 1.54) is 11.3 Å². The molecule has 1 aromatic heterocycles. The number of amides is 3. The van der Waals surface area contributed by atoms with Gasteiger partial charge in [0.25, 0.3) is 0 Å². The number of ether oxygens (including phenoxy) is 1. The Morgan fingerprint density at radius 2 is 1.75 bits per heavy atom. The molecule has 3 rings (SSSR count). The van der Waals surface area contributed by atoms with Gasteiger partial charge in [-0.25, -0.2) is 14.6 Å². The molecule has 1 aliphatic heterocycles. The summed E-state index contributed by atoms with van der Waals surface area (Å²) < 4.78 is 5.43. The van der Waals surface area contributed by atoms with Crippen molar-refractivity contribution >= 4 is 28.6 Å². The van der Waals surface area contributed by atoms with Crippen molar-refractivity contribution in [2.24, 2.45) is 0 Å². The number of anilines is 1. The van der Waals surface area contributed by atoms with Gasteiger partial charge in [0.1, 0.15) is 5.60 Å². The highest BCUT2D eigenvalue weighted by atomic mass is 32.1. The molecule has 0 saturated carbocycles. The van der Waals surface area contributed by atoms with Crippen LogP contribution in [0.3, 0.4) is 0 Å². The van der Waals surface area contributed by atoms with E-state index in [0.717, 1.165) is 10.4 Å². The molecule has 1 fully saturated rings. The summed E-state index contributed by atoms with van der Waals surface area (Å²) in [4.78, 5) is 33.6. The van der Waals surface area contributed by atoms with Crippen molar-refractivity contribution in [2.45, 2.75) is 32.8 Å². The van der Waals surface area contributed by atoms with E-state index in [1.54, 1.807) is 16.0 Å². The number of benzene rings is 1. The van der Waals surface area contributed by atoms with E-state index in [-0.39, 0.29) is 12.1 Å². The first-order valence-electron chi connectivity index (χ1n) is 9.37. The summed E-state index contributed by atoms with van der Waals surface area (Å²) in [7, 11) is 0. The minimum Gasteiger partial charge on any atom is -0.444 e. The van der Waals surface area contributed by atoms with Gasteiger partial charge in [-0.1, -0.05) is 41.7 Å². The standard InChI is InChI=1S/C20H26N4O3S/c1-20(2,3)27-19(26)24-11-7-10-23(12-13-24)18(25)22-17-21-14-16(28-17)15-8-5-4-6-9-15/h4-6,8-9,14H,7,10-13H2,1-3H3,(H,21,22,25). The van der Waals surface area contributed by atoms with Crippen LogP contribution in [-0.4, -0.2) is 58.7 Å². The SMILES string of the molecule is CC(C)(C)OC(=O)N1CCCN(C(=O)Nc2ncc(-c3ccccc3)s2)CC1. The Hall–Kier alpha value is -2.61. The molecule has 1 aliphatic rings. The second-order valence-electron chi connectivity index (χ2n) is 7.63. The first-order valence-corrected chi connectivity index (χ1v) is 10.2. The van der Waals surface area contributed by atoms with Gasteiger partial charge >= 0.3 is 12.1 Å². The maximum atomic E-state index is 12.6. The summed E-state index contributed by atoms with van der Waals surface area (Å²) in [5.74, 6) is 0. The van der Waals surface area contributed by atoms with E-state index in [2.05, 4.69) is 10.3 Å². The van der Waals surface area contributed by atoms with Gasteiger partial charge in [0.15, 0.2) is 5.13 Å². The molecule has 3 amide bonds. The lowest BCUT2D eigenvalue weighted by molar-refractivity contribution is 0.0259. The molecule has 1 aromatic carbocycles. The fraction of sp³-hybridized carbons (Fsp3) is 0.450. The van der Waals surface area contributed by atoms with Crippen molar-refractivity contribution in [2.75, 3.05) is 31.5 Å². The number of thiazole rings is 1. The van der Waals surface area contributed by atoms with Gasteiger partial charge in [-0.05, 0) is 32.8 Å². The number of urea groups is 1. The van der Waals surface area contributed by atoms with E-state index in [9.17, 15) is 9.59 Å². The summed E-state index contributed by atoms with van der Waals surface area (Å²) in [5, 5.41) is 3.44. The van der Waals surface area contributed by atoms with Crippen LogP contribution in [0.5, 0.6) is 0 Å². The lowest BCUT2D eigenvalue weighted by atomic mass is 10.2. The molecule has 1 N–H and O–H groups in total. The molecule has 0 aliphatic carbocycles. The number of nitrogens with zero attached hydrogens (tertiary/aromatic N) is 3. The van der Waals surface area contributed by atoms with Crippen LogP contribution in [0.15, 0.2) is 36.5 Å². The van der Waals surface area contributed by atoms with Crippen molar-refractivity contribution in [1.82, 2.24) is 14.8 Å². The van der Waals surface area contributed by atoms with E-state index in [4.69, 9.17) is 4.74 Å². The third-order valence-corrected chi connectivity index (χ3v) is 5.17. The number of nitrogens with one attached hydrogen (secondary N) is 1. The summed E-state index contributed by atoms with van der Waals surface area (Å²) in [6, 6.07) is 9.74. The molecule has 0 unspecified atom stereocenters. The van der Waals surface area contributed by atoms with Crippen LogP contribution in [0.1, 0.15) is 27.2 Å². The van der Waals surface area contributed by atoms with Crippen molar-refractivity contribution < 1.29 is 14.3 Å². The molecule has 0 radical (unpaired) electrons. The van der Waals surface area contributed by atoms with Crippen molar-refractivity contribution in [3.05, 3.63) is 36.5 Å². The zero-order valence-corrected chi connectivity index (χ0v) is 17.3. The fourth-order valence-corrected chi connectivity index (χ4v) is 3.68. The summed E-state index contributed by atoms with van der Waals surface area (Å²) >= 11 is 1.44. The van der Waals surface area contributed by atoms with Gasteiger partial charge < -0.3 is 14.5 Å². The second kappa shape index (κ2) is 8.60. The number of hydrogen-bond donors (Lipinski definition) is 1. The van der Waals surface area contributed by atoms with Crippen molar-refractivity contribution in [3.8, 4) is 10.4 Å². The van der Waals surface area contributed by atoms with Crippen LogP contribution in [0.4, 0.5) is 14.7 Å². The highest BCUT2D eigenvalue weighted by Crippen LogP contribution is 2.28. The topological polar surface area (TPSA) is 74.8 Å². The Kier molecular flexibility index (Phi) is 6.18. The molecule has 0 spiro atoms. The Labute approximate surface area is 169 Å².